The first-order chi connectivity index (χ1) is 20.8. The Bertz CT molecular complexity index is 1600. The maximum absolute atomic E-state index is 2.83. The summed E-state index contributed by atoms with van der Waals surface area (Å²) in [6.07, 6.45) is 35.9. The summed E-state index contributed by atoms with van der Waals surface area (Å²) in [5.74, 6) is 1.12. The second kappa shape index (κ2) is 11.9. The van der Waals surface area contributed by atoms with Gasteiger partial charge in [0.05, 0.1) is 0 Å². The van der Waals surface area contributed by atoms with E-state index in [0.29, 0.717) is 15.5 Å². The van der Waals surface area contributed by atoms with E-state index in [1.54, 1.807) is 14.4 Å². The van der Waals surface area contributed by atoms with Crippen molar-refractivity contribution in [1.29, 1.82) is 0 Å². The first kappa shape index (κ1) is 39.0. The average molecular weight is 753 g/mol. The van der Waals surface area contributed by atoms with Gasteiger partial charge >= 0.3 is 286 Å². The largest absolute Gasteiger partial charge is 1.00 e. The molecule has 6 aliphatic carbocycles. The van der Waals surface area contributed by atoms with Crippen LogP contribution in [0.2, 0.25) is 3.63 Å². The van der Waals surface area contributed by atoms with Crippen LogP contribution in [-0.4, -0.2) is 3.21 Å². The zero-order chi connectivity index (χ0) is 33.2. The van der Waals surface area contributed by atoms with Crippen molar-refractivity contribution in [1.82, 2.24) is 0 Å². The van der Waals surface area contributed by atoms with Crippen LogP contribution in [0.4, 0.5) is 0 Å². The van der Waals surface area contributed by atoms with Gasteiger partial charge in [-0.15, -0.1) is 0 Å². The Balaban J connectivity index is 0.00000250. The van der Waals surface area contributed by atoms with Crippen molar-refractivity contribution in [3.05, 3.63) is 93.4 Å². The number of allylic oxidation sites excluding steroid dienone is 16. The Morgan fingerprint density at radius 3 is 1.79 bits per heavy atom. The summed E-state index contributed by atoms with van der Waals surface area (Å²) in [7, 11) is 0. The Hall–Kier alpha value is -0.747. The average Bonchev–Trinajstić information content (AvgIpc) is 3.45. The molecule has 0 saturated heterocycles. The van der Waals surface area contributed by atoms with Crippen LogP contribution < -0.4 is 24.8 Å². The molecule has 2 fully saturated rings. The molecule has 6 aliphatic rings. The van der Waals surface area contributed by atoms with E-state index in [2.05, 4.69) is 176 Å². The number of halogens is 2. The number of rotatable bonds is 4. The van der Waals surface area contributed by atoms with Crippen LogP contribution in [0.25, 0.3) is 0 Å². The molecule has 0 bridgehead atoms. The van der Waals surface area contributed by atoms with Crippen molar-refractivity contribution < 1.29 is 46.1 Å². The summed E-state index contributed by atoms with van der Waals surface area (Å²) < 4.78 is 4.31. The summed E-state index contributed by atoms with van der Waals surface area (Å²) in [6, 6.07) is 0. The number of fused-ring (bicyclic) bond motifs is 8. The van der Waals surface area contributed by atoms with Gasteiger partial charge in [0, 0.05) is 0 Å². The molecule has 0 radical (unpaired) electrons. The fourth-order valence-electron chi connectivity index (χ4n) is 12.9. The summed E-state index contributed by atoms with van der Waals surface area (Å²) in [5.41, 5.74) is 3.25. The summed E-state index contributed by atoms with van der Waals surface area (Å²) in [4.78, 5) is 0. The van der Waals surface area contributed by atoms with Crippen LogP contribution in [-0.2, 0) is 21.3 Å². The van der Waals surface area contributed by atoms with Crippen molar-refractivity contribution in [3.8, 4) is 0 Å². The maximum Gasteiger partial charge on any atom is -1.00 e. The van der Waals surface area contributed by atoms with Gasteiger partial charge < -0.3 is 24.8 Å². The topological polar surface area (TPSA) is 0 Å². The van der Waals surface area contributed by atoms with Crippen molar-refractivity contribution in [2.45, 2.75) is 113 Å². The van der Waals surface area contributed by atoms with Crippen LogP contribution in [0.3, 0.4) is 0 Å². The third-order valence-electron chi connectivity index (χ3n) is 16.2. The molecular weight excluding hydrogens is 691 g/mol. The molecule has 2 saturated carbocycles. The van der Waals surface area contributed by atoms with Gasteiger partial charge in [-0.1, -0.05) is 0 Å². The molecule has 0 aromatic carbocycles. The molecule has 10 atom stereocenters. The molecule has 0 N–H and O–H groups in total. The van der Waals surface area contributed by atoms with E-state index in [9.17, 15) is 0 Å². The van der Waals surface area contributed by atoms with Crippen LogP contribution in [0.15, 0.2) is 93.4 Å². The standard InChI is InChI=1S/C29H37.C12H19.C3H6.2ClH.Zr/c1-21-14-13-15-22-20-27(6)25(4)18-10-9-16-23(25,2)24(3)17-11-12-19-26(24,5)29(27,8)28(21,22)7;1-5-6-10-7-8-11(9-10)12(2,3)4;1-3-2;;;/h9-20,22H,1-8H3;8-10H,5-6H2,1-4H3;1-2H3;2*1H;/q;;;;;+2/p-2. The van der Waals surface area contributed by atoms with Crippen molar-refractivity contribution in [3.63, 3.8) is 0 Å². The van der Waals surface area contributed by atoms with Gasteiger partial charge in [-0.25, -0.2) is 0 Å². The Morgan fingerprint density at radius 2 is 1.28 bits per heavy atom. The third kappa shape index (κ3) is 4.24. The minimum Gasteiger partial charge on any atom is -1.00 e. The first-order valence-electron chi connectivity index (χ1n) is 18.0. The van der Waals surface area contributed by atoms with Crippen LogP contribution in [0.5, 0.6) is 0 Å². The number of hydrogen-bond acceptors (Lipinski definition) is 0. The van der Waals surface area contributed by atoms with Crippen molar-refractivity contribution in [2.24, 2.45) is 55.2 Å². The molecule has 0 aromatic rings. The predicted molar refractivity (Wildman–Crippen MR) is 194 cm³/mol. The molecule has 0 heterocycles. The smallest absolute Gasteiger partial charge is 1.00 e. The number of hydrogen-bond donors (Lipinski definition) is 0. The summed E-state index contributed by atoms with van der Waals surface area (Å²) in [5, 5.41) is 0. The zero-order valence-electron chi connectivity index (χ0n) is 31.9. The van der Waals surface area contributed by atoms with E-state index in [-0.39, 0.29) is 68.1 Å². The van der Waals surface area contributed by atoms with Gasteiger partial charge in [0.2, 0.25) is 0 Å². The van der Waals surface area contributed by atoms with E-state index >= 15 is 0 Å². The van der Waals surface area contributed by atoms with Gasteiger partial charge in [0.15, 0.2) is 0 Å². The fraction of sp³-hybridized carbons (Fsp3) is 0.614. The molecule has 3 heteroatoms. The van der Waals surface area contributed by atoms with E-state index in [1.165, 1.54) is 12.8 Å². The Morgan fingerprint density at radius 1 is 0.766 bits per heavy atom. The van der Waals surface area contributed by atoms with Gasteiger partial charge in [-0.2, -0.15) is 0 Å². The van der Waals surface area contributed by atoms with E-state index in [0.717, 1.165) is 0 Å². The molecular formula is C44H62Cl2Zr. The molecule has 0 spiro atoms. The minimum absolute atomic E-state index is 0. The van der Waals surface area contributed by atoms with Gasteiger partial charge in [-0.05, 0) is 0 Å². The Kier molecular flexibility index (Phi) is 9.90. The normalized spacial score (nSPS) is 45.2. The maximum atomic E-state index is 2.83. The Labute approximate surface area is 309 Å². The van der Waals surface area contributed by atoms with Crippen LogP contribution in [0.1, 0.15) is 110 Å². The summed E-state index contributed by atoms with van der Waals surface area (Å²) >= 11 is -2.54. The minimum atomic E-state index is -2.54. The van der Waals surface area contributed by atoms with Crippen LogP contribution in [0, 0.1) is 55.2 Å². The molecule has 256 valence electrons. The van der Waals surface area contributed by atoms with Gasteiger partial charge in [0.25, 0.3) is 0 Å². The molecule has 6 rings (SSSR count). The molecule has 0 aromatic heterocycles. The van der Waals surface area contributed by atoms with Gasteiger partial charge in [0.1, 0.15) is 0 Å². The zero-order valence-corrected chi connectivity index (χ0v) is 35.9. The van der Waals surface area contributed by atoms with Crippen molar-refractivity contribution in [2.75, 3.05) is 0 Å². The second-order valence-electron chi connectivity index (χ2n) is 18.3. The van der Waals surface area contributed by atoms with Crippen molar-refractivity contribution >= 4 is 3.21 Å². The molecule has 10 unspecified atom stereocenters. The SMILES string of the molecule is CCCC1C=C(C(C)(C)C)C=[C]1[Zr+2](=[C](C)C)[CH]1C2C=CC=C(C)C2(C)C2(C)C3(C)C=CC=CC3(C)C3(C)C=CC=CC3(C)C12C.[Cl-].[Cl-]. The molecule has 47 heavy (non-hydrogen) atoms. The molecule has 0 nitrogen and oxygen atoms in total. The predicted octanol–water partition coefficient (Wildman–Crippen LogP) is 6.36. The van der Waals surface area contributed by atoms with E-state index in [1.807, 2.05) is 3.28 Å². The molecule has 0 amide bonds. The van der Waals surface area contributed by atoms with E-state index in [4.69, 9.17) is 0 Å². The second-order valence-corrected chi connectivity index (χ2v) is 25.7. The quantitative estimate of drug-likeness (QED) is 0.314. The fourth-order valence-corrected chi connectivity index (χ4v) is 23.9. The van der Waals surface area contributed by atoms with Gasteiger partial charge in [-0.3, -0.25) is 0 Å². The van der Waals surface area contributed by atoms with E-state index < -0.39 is 21.3 Å². The van der Waals surface area contributed by atoms with Crippen LogP contribution >= 0.6 is 0 Å². The summed E-state index contributed by atoms with van der Waals surface area (Å²) in [6.45, 7) is 36.2. The molecule has 0 aliphatic heterocycles. The third-order valence-corrected chi connectivity index (χ3v) is 25.5. The monoisotopic (exact) mass is 750 g/mol. The first-order valence-corrected chi connectivity index (χ1v) is 21.9.